The van der Waals surface area contributed by atoms with Crippen molar-refractivity contribution in [3.05, 3.63) is 59.0 Å². The molecule has 0 unspecified atom stereocenters. The van der Waals surface area contributed by atoms with Crippen LogP contribution in [0.25, 0.3) is 11.2 Å². The molecule has 1 atom stereocenters. The average Bonchev–Trinajstić information content (AvgIpc) is 3.09. The number of nitrogens with zero attached hydrogens (tertiary/aromatic N) is 3. The summed E-state index contributed by atoms with van der Waals surface area (Å²) in [6, 6.07) is 11.4. The molecule has 122 valence electrons. The van der Waals surface area contributed by atoms with Crippen LogP contribution in [0.3, 0.4) is 0 Å². The molecule has 1 aliphatic heterocycles. The molecule has 4 rings (SSSR count). The smallest absolute Gasteiger partial charge is 0.272 e. The van der Waals surface area contributed by atoms with Gasteiger partial charge in [0.05, 0.1) is 17.9 Å². The van der Waals surface area contributed by atoms with E-state index in [1.165, 1.54) is 0 Å². The fourth-order valence-corrected chi connectivity index (χ4v) is 3.18. The normalized spacial score (nSPS) is 18.0. The maximum atomic E-state index is 12.8. The van der Waals surface area contributed by atoms with E-state index in [0.717, 1.165) is 17.6 Å². The molecule has 1 saturated heterocycles. The number of aromatic nitrogens is 3. The summed E-state index contributed by atoms with van der Waals surface area (Å²) < 4.78 is 0. The van der Waals surface area contributed by atoms with Crippen LogP contribution in [0, 0.1) is 0 Å². The van der Waals surface area contributed by atoms with E-state index in [0.29, 0.717) is 29.5 Å². The zero-order valence-electron chi connectivity index (χ0n) is 12.9. The Bertz CT molecular complexity index is 893. The van der Waals surface area contributed by atoms with E-state index in [4.69, 9.17) is 11.6 Å². The Morgan fingerprint density at radius 3 is 3.08 bits per heavy atom. The average molecular weight is 342 g/mol. The minimum atomic E-state index is -0.0755. The number of pyridine rings is 1. The van der Waals surface area contributed by atoms with Crippen LogP contribution in [-0.4, -0.2) is 45.4 Å². The molecule has 0 spiro atoms. The molecule has 3 heterocycles. The van der Waals surface area contributed by atoms with E-state index < -0.39 is 0 Å². The first kappa shape index (κ1) is 15.1. The fraction of sp³-hybridized carbons (Fsp3) is 0.235. The summed E-state index contributed by atoms with van der Waals surface area (Å²) in [5.74, 6) is -0.0755. The molecule has 0 saturated carbocycles. The quantitative estimate of drug-likeness (QED) is 0.750. The highest BCUT2D eigenvalue weighted by Crippen LogP contribution is 2.21. The first-order valence-electron chi connectivity index (χ1n) is 7.79. The lowest BCUT2D eigenvalue weighted by atomic mass is 10.0. The zero-order valence-corrected chi connectivity index (χ0v) is 13.6. The number of hydrogen-bond acceptors (Lipinski definition) is 4. The lowest BCUT2D eigenvalue weighted by molar-refractivity contribution is 0.0697. The molecule has 6 nitrogen and oxygen atoms in total. The van der Waals surface area contributed by atoms with Gasteiger partial charge in [0.15, 0.2) is 5.65 Å². The summed E-state index contributed by atoms with van der Waals surface area (Å²) in [5, 5.41) is 4.13. The van der Waals surface area contributed by atoms with Gasteiger partial charge in [-0.25, -0.2) is 9.97 Å². The number of H-pyrrole nitrogens is 1. The highest BCUT2D eigenvalue weighted by molar-refractivity contribution is 6.30. The SMILES string of the molecule is O=C(c1ccc2[nH]cnc2n1)N1CCN[C@H](c2cccc(Cl)c2)C1. The van der Waals surface area contributed by atoms with Crippen molar-refractivity contribution in [2.45, 2.75) is 6.04 Å². The predicted octanol–water partition coefficient (Wildman–Crippen LogP) is 2.40. The maximum absolute atomic E-state index is 12.8. The first-order chi connectivity index (χ1) is 11.7. The number of halogens is 1. The van der Waals surface area contributed by atoms with Crippen LogP contribution in [0.15, 0.2) is 42.7 Å². The lowest BCUT2D eigenvalue weighted by Gasteiger charge is -2.33. The van der Waals surface area contributed by atoms with Gasteiger partial charge in [0, 0.05) is 24.7 Å². The minimum Gasteiger partial charge on any atom is -0.343 e. The van der Waals surface area contributed by atoms with E-state index in [9.17, 15) is 4.79 Å². The van der Waals surface area contributed by atoms with Gasteiger partial charge in [0.25, 0.3) is 5.91 Å². The van der Waals surface area contributed by atoms with Crippen LogP contribution < -0.4 is 5.32 Å². The Hall–Kier alpha value is -2.44. The number of carbonyl (C=O) groups is 1. The lowest BCUT2D eigenvalue weighted by Crippen LogP contribution is -2.48. The van der Waals surface area contributed by atoms with Crippen LogP contribution >= 0.6 is 11.6 Å². The Morgan fingerprint density at radius 1 is 1.29 bits per heavy atom. The van der Waals surface area contributed by atoms with Gasteiger partial charge in [0.2, 0.25) is 0 Å². The van der Waals surface area contributed by atoms with E-state index in [-0.39, 0.29) is 11.9 Å². The molecule has 2 N–H and O–H groups in total. The molecule has 1 fully saturated rings. The number of fused-ring (bicyclic) bond motifs is 1. The van der Waals surface area contributed by atoms with Crippen LogP contribution in [0.2, 0.25) is 5.02 Å². The Kier molecular flexibility index (Phi) is 3.92. The summed E-state index contributed by atoms with van der Waals surface area (Å²) in [6.07, 6.45) is 1.58. The Balaban J connectivity index is 1.55. The van der Waals surface area contributed by atoms with Gasteiger partial charge < -0.3 is 15.2 Å². The molecule has 1 amide bonds. The van der Waals surface area contributed by atoms with Gasteiger partial charge in [-0.2, -0.15) is 0 Å². The van der Waals surface area contributed by atoms with Crippen LogP contribution in [-0.2, 0) is 0 Å². The van der Waals surface area contributed by atoms with Crippen molar-refractivity contribution in [1.29, 1.82) is 0 Å². The predicted molar refractivity (Wildman–Crippen MR) is 92.0 cm³/mol. The van der Waals surface area contributed by atoms with Crippen LogP contribution in [0.1, 0.15) is 22.1 Å². The molecule has 3 aromatic rings. The molecule has 0 radical (unpaired) electrons. The topological polar surface area (TPSA) is 73.9 Å². The Morgan fingerprint density at radius 2 is 2.21 bits per heavy atom. The van der Waals surface area contributed by atoms with E-state index in [2.05, 4.69) is 20.3 Å². The highest BCUT2D eigenvalue weighted by Gasteiger charge is 2.26. The molecular weight excluding hydrogens is 326 g/mol. The van der Waals surface area contributed by atoms with Gasteiger partial charge in [-0.15, -0.1) is 0 Å². The second-order valence-corrected chi connectivity index (χ2v) is 6.22. The Labute approximate surface area is 143 Å². The van der Waals surface area contributed by atoms with Crippen LogP contribution in [0.4, 0.5) is 0 Å². The third kappa shape index (κ3) is 2.86. The van der Waals surface area contributed by atoms with Crippen molar-refractivity contribution in [1.82, 2.24) is 25.2 Å². The molecule has 0 bridgehead atoms. The number of carbonyl (C=O) groups excluding carboxylic acids is 1. The van der Waals surface area contributed by atoms with E-state index in [1.54, 1.807) is 12.4 Å². The van der Waals surface area contributed by atoms with Crippen molar-refractivity contribution < 1.29 is 4.79 Å². The molecule has 24 heavy (non-hydrogen) atoms. The van der Waals surface area contributed by atoms with Crippen molar-refractivity contribution in [2.24, 2.45) is 0 Å². The van der Waals surface area contributed by atoms with Gasteiger partial charge in [-0.3, -0.25) is 4.79 Å². The number of hydrogen-bond donors (Lipinski definition) is 2. The van der Waals surface area contributed by atoms with E-state index >= 15 is 0 Å². The molecule has 1 aromatic carbocycles. The standard InChI is InChI=1S/C17H16ClN5O/c18-12-3-1-2-11(8-12)15-9-23(7-6-19-15)17(24)14-5-4-13-16(22-14)21-10-20-13/h1-5,8,10,15,19H,6-7,9H2,(H,20,21,22)/t15-/m0/s1. The molecule has 1 aliphatic rings. The van der Waals surface area contributed by atoms with Crippen molar-refractivity contribution in [3.63, 3.8) is 0 Å². The molecule has 7 heteroatoms. The van der Waals surface area contributed by atoms with Crippen LogP contribution in [0.5, 0.6) is 0 Å². The maximum Gasteiger partial charge on any atom is 0.272 e. The zero-order chi connectivity index (χ0) is 16.5. The van der Waals surface area contributed by atoms with Gasteiger partial charge in [0.1, 0.15) is 5.69 Å². The number of amides is 1. The van der Waals surface area contributed by atoms with Gasteiger partial charge in [-0.05, 0) is 29.8 Å². The summed E-state index contributed by atoms with van der Waals surface area (Å²) in [4.78, 5) is 26.0. The second kappa shape index (κ2) is 6.22. The molecule has 0 aliphatic carbocycles. The van der Waals surface area contributed by atoms with Gasteiger partial charge in [-0.1, -0.05) is 23.7 Å². The highest BCUT2D eigenvalue weighted by atomic mass is 35.5. The molecular formula is C17H16ClN5O. The number of benzene rings is 1. The summed E-state index contributed by atoms with van der Waals surface area (Å²) in [6.45, 7) is 1.96. The van der Waals surface area contributed by atoms with Crippen molar-refractivity contribution in [2.75, 3.05) is 19.6 Å². The molecule has 2 aromatic heterocycles. The summed E-state index contributed by atoms with van der Waals surface area (Å²) in [7, 11) is 0. The number of piperazine rings is 1. The summed E-state index contributed by atoms with van der Waals surface area (Å²) >= 11 is 6.08. The fourth-order valence-electron chi connectivity index (χ4n) is 2.98. The number of imidazole rings is 1. The minimum absolute atomic E-state index is 0.0653. The third-order valence-electron chi connectivity index (χ3n) is 4.21. The van der Waals surface area contributed by atoms with Crippen molar-refractivity contribution >= 4 is 28.7 Å². The largest absolute Gasteiger partial charge is 0.343 e. The monoisotopic (exact) mass is 341 g/mol. The third-order valence-corrected chi connectivity index (χ3v) is 4.45. The second-order valence-electron chi connectivity index (χ2n) is 5.78. The van der Waals surface area contributed by atoms with E-state index in [1.807, 2.05) is 35.2 Å². The first-order valence-corrected chi connectivity index (χ1v) is 8.17. The van der Waals surface area contributed by atoms with Crippen molar-refractivity contribution in [3.8, 4) is 0 Å². The number of nitrogens with one attached hydrogen (secondary N) is 2. The number of aromatic amines is 1. The van der Waals surface area contributed by atoms with Gasteiger partial charge >= 0.3 is 0 Å². The number of rotatable bonds is 2. The summed E-state index contributed by atoms with van der Waals surface area (Å²) in [5.41, 5.74) is 2.88.